The highest BCUT2D eigenvalue weighted by molar-refractivity contribution is 5.79. The van der Waals surface area contributed by atoms with Gasteiger partial charge in [0.25, 0.3) is 0 Å². The van der Waals surface area contributed by atoms with Crippen LogP contribution in [-0.2, 0) is 4.79 Å². The number of carbonyl (C=O) groups is 1. The van der Waals surface area contributed by atoms with E-state index in [9.17, 15) is 4.79 Å². The molecule has 0 aliphatic rings. The molecule has 82 valence electrons. The quantitative estimate of drug-likeness (QED) is 0.745. The molecular weight excluding hydrogens is 198 g/mol. The van der Waals surface area contributed by atoms with Crippen molar-refractivity contribution in [2.75, 3.05) is 26.6 Å². The van der Waals surface area contributed by atoms with E-state index in [0.717, 1.165) is 0 Å². The van der Waals surface area contributed by atoms with Crippen LogP contribution in [0.1, 0.15) is 0 Å². The molecule has 0 unspecified atom stereocenters. The minimum Gasteiger partial charge on any atom is -0.493 e. The van der Waals surface area contributed by atoms with Crippen LogP contribution in [0.5, 0.6) is 17.2 Å². The molecule has 0 radical (unpaired) electrons. The molecule has 5 nitrogen and oxygen atoms in total. The van der Waals surface area contributed by atoms with Crippen LogP contribution in [-0.4, -0.2) is 27.7 Å². The zero-order valence-corrected chi connectivity index (χ0v) is 8.87. The Morgan fingerprint density at radius 1 is 1.07 bits per heavy atom. The van der Waals surface area contributed by atoms with E-state index < -0.39 is 0 Å². The van der Waals surface area contributed by atoms with Gasteiger partial charge in [-0.3, -0.25) is 4.79 Å². The van der Waals surface area contributed by atoms with Crippen LogP contribution in [0.25, 0.3) is 0 Å². The molecule has 0 fully saturated rings. The van der Waals surface area contributed by atoms with Crippen LogP contribution < -0.4 is 19.5 Å². The maximum atomic E-state index is 10.4. The van der Waals surface area contributed by atoms with Gasteiger partial charge in [0.05, 0.1) is 27.0 Å². The standard InChI is InChI=1S/C10H13NO4/c1-13-8-5-4-7(11-6-12)9(14-2)10(8)15-3/h4-6H,1-3H3,(H,11,12). The first kappa shape index (κ1) is 11.2. The summed E-state index contributed by atoms with van der Waals surface area (Å²) in [7, 11) is 4.53. The predicted octanol–water partition coefficient (Wildman–Crippen LogP) is 1.28. The average molecular weight is 211 g/mol. The molecular formula is C10H13NO4. The number of hydrogen-bond acceptors (Lipinski definition) is 4. The summed E-state index contributed by atoms with van der Waals surface area (Å²) in [5.74, 6) is 1.43. The summed E-state index contributed by atoms with van der Waals surface area (Å²) in [6.45, 7) is 0. The number of hydrogen-bond donors (Lipinski definition) is 1. The summed E-state index contributed by atoms with van der Waals surface area (Å²) in [6.07, 6.45) is 0.573. The molecule has 0 atom stereocenters. The molecule has 0 aromatic heterocycles. The number of anilines is 1. The average Bonchev–Trinajstić information content (AvgIpc) is 2.28. The lowest BCUT2D eigenvalue weighted by Crippen LogP contribution is -2.01. The molecule has 0 saturated heterocycles. The first-order valence-electron chi connectivity index (χ1n) is 4.27. The monoisotopic (exact) mass is 211 g/mol. The lowest BCUT2D eigenvalue weighted by molar-refractivity contribution is -0.105. The maximum absolute atomic E-state index is 10.4. The summed E-state index contributed by atoms with van der Waals surface area (Å²) >= 11 is 0. The first-order chi connectivity index (χ1) is 7.28. The van der Waals surface area contributed by atoms with E-state index in [1.165, 1.54) is 21.3 Å². The van der Waals surface area contributed by atoms with Crippen molar-refractivity contribution < 1.29 is 19.0 Å². The number of methoxy groups -OCH3 is 3. The predicted molar refractivity (Wildman–Crippen MR) is 55.8 cm³/mol. The highest BCUT2D eigenvalue weighted by atomic mass is 16.5. The number of carbonyl (C=O) groups excluding carboxylic acids is 1. The summed E-state index contributed by atoms with van der Waals surface area (Å²) in [6, 6.07) is 3.36. The second-order valence-corrected chi connectivity index (χ2v) is 2.64. The third-order valence-corrected chi connectivity index (χ3v) is 1.92. The van der Waals surface area contributed by atoms with Gasteiger partial charge in [0.1, 0.15) is 0 Å². The Kier molecular flexibility index (Phi) is 3.79. The Hall–Kier alpha value is -1.91. The zero-order valence-electron chi connectivity index (χ0n) is 8.87. The minimum absolute atomic E-state index is 0.434. The van der Waals surface area contributed by atoms with Crippen LogP contribution in [0.4, 0.5) is 5.69 Å². The smallest absolute Gasteiger partial charge is 0.211 e. The van der Waals surface area contributed by atoms with E-state index in [1.807, 2.05) is 0 Å². The third kappa shape index (κ3) is 2.12. The normalized spacial score (nSPS) is 9.27. The van der Waals surface area contributed by atoms with Gasteiger partial charge in [0.2, 0.25) is 12.2 Å². The Morgan fingerprint density at radius 2 is 1.73 bits per heavy atom. The molecule has 0 heterocycles. The van der Waals surface area contributed by atoms with E-state index in [2.05, 4.69) is 5.32 Å². The summed E-state index contributed by atoms with van der Waals surface area (Å²) in [4.78, 5) is 10.4. The van der Waals surface area contributed by atoms with Gasteiger partial charge >= 0.3 is 0 Å². The summed E-state index contributed by atoms with van der Waals surface area (Å²) in [5, 5.41) is 2.51. The van der Waals surface area contributed by atoms with Gasteiger partial charge < -0.3 is 19.5 Å². The number of ether oxygens (including phenoxy) is 3. The van der Waals surface area contributed by atoms with Gasteiger partial charge in [-0.1, -0.05) is 0 Å². The summed E-state index contributed by atoms with van der Waals surface area (Å²) < 4.78 is 15.4. The van der Waals surface area contributed by atoms with Crippen molar-refractivity contribution in [3.05, 3.63) is 12.1 Å². The molecule has 1 aromatic carbocycles. The molecule has 0 bridgehead atoms. The van der Waals surface area contributed by atoms with E-state index in [1.54, 1.807) is 12.1 Å². The molecule has 15 heavy (non-hydrogen) atoms. The molecule has 0 saturated carbocycles. The second-order valence-electron chi connectivity index (χ2n) is 2.64. The Bertz CT molecular complexity index is 352. The van der Waals surface area contributed by atoms with Crippen LogP contribution in [0.15, 0.2) is 12.1 Å². The van der Waals surface area contributed by atoms with Crippen molar-refractivity contribution >= 4 is 12.1 Å². The van der Waals surface area contributed by atoms with Gasteiger partial charge in [-0.05, 0) is 12.1 Å². The maximum Gasteiger partial charge on any atom is 0.211 e. The Balaban J connectivity index is 3.27. The molecule has 0 spiro atoms. The van der Waals surface area contributed by atoms with Crippen LogP contribution in [0, 0.1) is 0 Å². The molecule has 0 aliphatic heterocycles. The van der Waals surface area contributed by atoms with Crippen LogP contribution in [0.3, 0.4) is 0 Å². The number of rotatable bonds is 5. The van der Waals surface area contributed by atoms with Crippen molar-refractivity contribution in [2.45, 2.75) is 0 Å². The molecule has 0 aliphatic carbocycles. The fourth-order valence-corrected chi connectivity index (χ4v) is 1.28. The van der Waals surface area contributed by atoms with E-state index >= 15 is 0 Å². The van der Waals surface area contributed by atoms with Gasteiger partial charge in [-0.25, -0.2) is 0 Å². The summed E-state index contributed by atoms with van der Waals surface area (Å²) in [5.41, 5.74) is 0.533. The molecule has 1 amide bonds. The van der Waals surface area contributed by atoms with Crippen molar-refractivity contribution in [3.63, 3.8) is 0 Å². The third-order valence-electron chi connectivity index (χ3n) is 1.92. The molecule has 1 rings (SSSR count). The van der Waals surface area contributed by atoms with Crippen molar-refractivity contribution in [1.29, 1.82) is 0 Å². The molecule has 1 aromatic rings. The van der Waals surface area contributed by atoms with Gasteiger partial charge in [-0.2, -0.15) is 0 Å². The Morgan fingerprint density at radius 3 is 2.20 bits per heavy atom. The van der Waals surface area contributed by atoms with E-state index in [4.69, 9.17) is 14.2 Å². The highest BCUT2D eigenvalue weighted by Crippen LogP contribution is 2.42. The van der Waals surface area contributed by atoms with Crippen LogP contribution in [0.2, 0.25) is 0 Å². The van der Waals surface area contributed by atoms with Crippen molar-refractivity contribution in [3.8, 4) is 17.2 Å². The van der Waals surface area contributed by atoms with Gasteiger partial charge in [-0.15, -0.1) is 0 Å². The fraction of sp³-hybridized carbons (Fsp3) is 0.300. The SMILES string of the molecule is COc1ccc(NC=O)c(OC)c1OC. The van der Waals surface area contributed by atoms with Crippen LogP contribution >= 0.6 is 0 Å². The molecule has 5 heteroatoms. The van der Waals surface area contributed by atoms with Gasteiger partial charge in [0.15, 0.2) is 11.5 Å². The minimum atomic E-state index is 0.434. The lowest BCUT2D eigenvalue weighted by Gasteiger charge is -2.14. The number of benzene rings is 1. The number of nitrogens with one attached hydrogen (secondary N) is 1. The lowest BCUT2D eigenvalue weighted by atomic mass is 10.2. The van der Waals surface area contributed by atoms with Crippen molar-refractivity contribution in [1.82, 2.24) is 0 Å². The van der Waals surface area contributed by atoms with E-state index in [-0.39, 0.29) is 0 Å². The largest absolute Gasteiger partial charge is 0.493 e. The fourth-order valence-electron chi connectivity index (χ4n) is 1.28. The second kappa shape index (κ2) is 5.09. The molecule has 1 N–H and O–H groups in total. The number of amides is 1. The highest BCUT2D eigenvalue weighted by Gasteiger charge is 2.14. The first-order valence-corrected chi connectivity index (χ1v) is 4.27. The topological polar surface area (TPSA) is 56.8 Å². The van der Waals surface area contributed by atoms with Crippen molar-refractivity contribution in [2.24, 2.45) is 0 Å². The zero-order chi connectivity index (χ0) is 11.3. The van der Waals surface area contributed by atoms with Gasteiger partial charge in [0, 0.05) is 0 Å². The van der Waals surface area contributed by atoms with E-state index in [0.29, 0.717) is 29.3 Å². The Labute approximate surface area is 87.9 Å².